The number of anilines is 2. The maximum absolute atomic E-state index is 4.60. The van der Waals surface area contributed by atoms with Crippen LogP contribution < -0.4 is 9.80 Å². The summed E-state index contributed by atoms with van der Waals surface area (Å²) in [6.45, 7) is 7.39. The van der Waals surface area contributed by atoms with Gasteiger partial charge in [-0.1, -0.05) is 0 Å². The molecule has 0 spiro atoms. The van der Waals surface area contributed by atoms with Crippen LogP contribution >= 0.6 is 0 Å². The predicted octanol–water partition coefficient (Wildman–Crippen LogP) is 1.11. The van der Waals surface area contributed by atoms with E-state index in [1.165, 1.54) is 0 Å². The molecule has 132 valence electrons. The molecular formula is C17H19N9. The Labute approximate surface area is 149 Å². The second-order valence-electron chi connectivity index (χ2n) is 6.53. The van der Waals surface area contributed by atoms with E-state index in [0.29, 0.717) is 0 Å². The molecule has 0 N–H and O–H groups in total. The molecule has 5 heterocycles. The van der Waals surface area contributed by atoms with Gasteiger partial charge in [0.05, 0.1) is 5.69 Å². The number of hydrogen-bond donors (Lipinski definition) is 0. The van der Waals surface area contributed by atoms with Crippen LogP contribution in [0.1, 0.15) is 11.5 Å². The lowest BCUT2D eigenvalue weighted by Crippen LogP contribution is -2.47. The van der Waals surface area contributed by atoms with Crippen LogP contribution in [0.15, 0.2) is 30.9 Å². The van der Waals surface area contributed by atoms with E-state index < -0.39 is 0 Å². The minimum absolute atomic E-state index is 0.810. The quantitative estimate of drug-likeness (QED) is 0.536. The fraction of sp³-hybridized carbons (Fsp3) is 0.353. The van der Waals surface area contributed by atoms with E-state index in [0.717, 1.165) is 60.5 Å². The Hall–Kier alpha value is -3.23. The van der Waals surface area contributed by atoms with Gasteiger partial charge >= 0.3 is 0 Å². The lowest BCUT2D eigenvalue weighted by atomic mass is 10.3. The van der Waals surface area contributed by atoms with Crippen molar-refractivity contribution in [1.82, 2.24) is 34.2 Å². The van der Waals surface area contributed by atoms with Gasteiger partial charge in [0.1, 0.15) is 11.3 Å². The first-order chi connectivity index (χ1) is 12.7. The maximum Gasteiger partial charge on any atom is 0.203 e. The van der Waals surface area contributed by atoms with Crippen LogP contribution in [0.25, 0.3) is 11.2 Å². The van der Waals surface area contributed by atoms with Crippen LogP contribution in [0.3, 0.4) is 0 Å². The van der Waals surface area contributed by atoms with E-state index in [1.54, 1.807) is 0 Å². The first-order valence-corrected chi connectivity index (χ1v) is 8.68. The molecule has 0 atom stereocenters. The van der Waals surface area contributed by atoms with Gasteiger partial charge in [-0.2, -0.15) is 5.10 Å². The Balaban J connectivity index is 1.42. The largest absolute Gasteiger partial charge is 0.351 e. The molecule has 0 radical (unpaired) electrons. The molecule has 0 aliphatic carbocycles. The number of aromatic nitrogens is 7. The van der Waals surface area contributed by atoms with Crippen LogP contribution in [0.2, 0.25) is 0 Å². The Morgan fingerprint density at radius 1 is 0.846 bits per heavy atom. The lowest BCUT2D eigenvalue weighted by molar-refractivity contribution is 0.642. The molecule has 9 nitrogen and oxygen atoms in total. The van der Waals surface area contributed by atoms with Gasteiger partial charge in [0.2, 0.25) is 5.65 Å². The highest BCUT2D eigenvalue weighted by atomic mass is 15.3. The van der Waals surface area contributed by atoms with Gasteiger partial charge in [-0.15, -0.1) is 10.2 Å². The predicted molar refractivity (Wildman–Crippen MR) is 97.7 cm³/mol. The summed E-state index contributed by atoms with van der Waals surface area (Å²) in [5.74, 6) is 2.74. The van der Waals surface area contributed by atoms with Crippen molar-refractivity contribution in [1.29, 1.82) is 0 Å². The summed E-state index contributed by atoms with van der Waals surface area (Å²) in [7, 11) is 0. The van der Waals surface area contributed by atoms with E-state index >= 15 is 0 Å². The summed E-state index contributed by atoms with van der Waals surface area (Å²) in [6, 6.07) is 2.08. The summed E-state index contributed by atoms with van der Waals surface area (Å²) in [5, 5.41) is 12.9. The normalized spacial score (nSPS) is 15.3. The van der Waals surface area contributed by atoms with Crippen molar-refractivity contribution >= 4 is 22.8 Å². The van der Waals surface area contributed by atoms with Crippen molar-refractivity contribution < 1.29 is 0 Å². The molecule has 1 aliphatic rings. The average molecular weight is 349 g/mol. The Morgan fingerprint density at radius 2 is 1.54 bits per heavy atom. The lowest BCUT2D eigenvalue weighted by Gasteiger charge is -2.36. The fourth-order valence-corrected chi connectivity index (χ4v) is 3.56. The summed E-state index contributed by atoms with van der Waals surface area (Å²) >= 11 is 0. The van der Waals surface area contributed by atoms with Gasteiger partial charge in [0.15, 0.2) is 11.6 Å². The van der Waals surface area contributed by atoms with Crippen molar-refractivity contribution in [2.75, 3.05) is 36.0 Å². The zero-order chi connectivity index (χ0) is 17.7. The third-order valence-corrected chi connectivity index (χ3v) is 4.85. The first-order valence-electron chi connectivity index (χ1n) is 8.68. The van der Waals surface area contributed by atoms with Crippen LogP contribution in [0.5, 0.6) is 0 Å². The smallest absolute Gasteiger partial charge is 0.203 e. The van der Waals surface area contributed by atoms with Gasteiger partial charge in [0, 0.05) is 51.0 Å². The topological polar surface area (TPSA) is 79.8 Å². The molecular weight excluding hydrogens is 330 g/mol. The number of rotatable bonds is 2. The van der Waals surface area contributed by atoms with Crippen molar-refractivity contribution in [2.45, 2.75) is 13.8 Å². The molecule has 4 aromatic rings. The van der Waals surface area contributed by atoms with E-state index in [1.807, 2.05) is 47.6 Å². The molecule has 9 heteroatoms. The summed E-state index contributed by atoms with van der Waals surface area (Å²) in [6.07, 6.45) is 7.40. The molecule has 0 unspecified atom stereocenters. The van der Waals surface area contributed by atoms with Gasteiger partial charge in [-0.25, -0.2) is 14.5 Å². The second-order valence-corrected chi connectivity index (χ2v) is 6.53. The van der Waals surface area contributed by atoms with Crippen LogP contribution in [0, 0.1) is 13.8 Å². The molecule has 26 heavy (non-hydrogen) atoms. The van der Waals surface area contributed by atoms with E-state index in [2.05, 4.69) is 41.1 Å². The van der Waals surface area contributed by atoms with E-state index in [4.69, 9.17) is 0 Å². The second kappa shape index (κ2) is 5.65. The zero-order valence-corrected chi connectivity index (χ0v) is 14.7. The van der Waals surface area contributed by atoms with Gasteiger partial charge in [-0.3, -0.25) is 4.40 Å². The van der Waals surface area contributed by atoms with Crippen molar-refractivity contribution in [3.8, 4) is 0 Å². The molecule has 5 rings (SSSR count). The monoisotopic (exact) mass is 349 g/mol. The average Bonchev–Trinajstić information content (AvgIpc) is 3.23. The van der Waals surface area contributed by atoms with Crippen LogP contribution in [0.4, 0.5) is 11.6 Å². The Morgan fingerprint density at radius 3 is 2.35 bits per heavy atom. The summed E-state index contributed by atoms with van der Waals surface area (Å²) < 4.78 is 3.87. The van der Waals surface area contributed by atoms with Crippen molar-refractivity contribution in [3.63, 3.8) is 0 Å². The van der Waals surface area contributed by atoms with Gasteiger partial charge in [-0.05, 0) is 19.9 Å². The maximum atomic E-state index is 4.60. The van der Waals surface area contributed by atoms with Crippen LogP contribution in [-0.2, 0) is 0 Å². The van der Waals surface area contributed by atoms with Gasteiger partial charge < -0.3 is 9.80 Å². The number of aryl methyl sites for hydroxylation is 2. The molecule has 1 aliphatic heterocycles. The molecule has 4 aromatic heterocycles. The molecule has 0 amide bonds. The SMILES string of the molecule is Cc1cc2c(N3CCN(c4nccn5c(C)nnc45)CC3)nccn2n1. The molecule has 0 saturated carbocycles. The van der Waals surface area contributed by atoms with Crippen LogP contribution in [-0.4, -0.2) is 60.4 Å². The molecule has 1 saturated heterocycles. The standard InChI is InChI=1S/C17H19N9/c1-12-11-14-15(18-4-6-26(14)22-12)23-7-9-24(10-8-23)16-17-21-20-13(2)25(17)5-3-19-16/h3-6,11H,7-10H2,1-2H3. The number of piperazine rings is 1. The highest BCUT2D eigenvalue weighted by Gasteiger charge is 2.23. The van der Waals surface area contributed by atoms with E-state index in [9.17, 15) is 0 Å². The minimum Gasteiger partial charge on any atom is -0.351 e. The third-order valence-electron chi connectivity index (χ3n) is 4.85. The first kappa shape index (κ1) is 15.1. The number of hydrogen-bond acceptors (Lipinski definition) is 7. The fourth-order valence-electron chi connectivity index (χ4n) is 3.56. The highest BCUT2D eigenvalue weighted by Crippen LogP contribution is 2.24. The summed E-state index contributed by atoms with van der Waals surface area (Å²) in [4.78, 5) is 13.7. The van der Waals surface area contributed by atoms with Crippen molar-refractivity contribution in [2.24, 2.45) is 0 Å². The van der Waals surface area contributed by atoms with Crippen molar-refractivity contribution in [3.05, 3.63) is 42.4 Å². The number of nitrogens with zero attached hydrogens (tertiary/aromatic N) is 9. The highest BCUT2D eigenvalue weighted by molar-refractivity contribution is 5.70. The summed E-state index contributed by atoms with van der Waals surface area (Å²) in [5.41, 5.74) is 2.85. The Bertz CT molecular complexity index is 1070. The minimum atomic E-state index is 0.810. The van der Waals surface area contributed by atoms with Gasteiger partial charge in [0.25, 0.3) is 0 Å². The molecule has 0 bridgehead atoms. The van der Waals surface area contributed by atoms with E-state index in [-0.39, 0.29) is 0 Å². The Kier molecular flexibility index (Phi) is 3.27. The molecule has 0 aromatic carbocycles. The molecule has 1 fully saturated rings. The number of fused-ring (bicyclic) bond motifs is 2. The zero-order valence-electron chi connectivity index (χ0n) is 14.7. The third kappa shape index (κ3) is 2.27.